The molecule has 0 unspecified atom stereocenters. The molecule has 786 valence electrons. The van der Waals surface area contributed by atoms with Crippen molar-refractivity contribution in [3.8, 4) is 64.0 Å². The molecule has 4 aliphatic heterocycles. The van der Waals surface area contributed by atoms with Crippen LogP contribution in [0.4, 0.5) is 0 Å². The quantitative estimate of drug-likeness (QED) is 0.0228. The highest BCUT2D eigenvalue weighted by Gasteiger charge is 2.49. The van der Waals surface area contributed by atoms with Crippen molar-refractivity contribution in [2.24, 2.45) is 23.2 Å². The smallest absolute Gasteiger partial charge is 0.248 e. The van der Waals surface area contributed by atoms with Crippen molar-refractivity contribution in [2.75, 3.05) is 26.2 Å². The fourth-order valence-corrected chi connectivity index (χ4v) is 23.5. The molecule has 13 aromatic rings. The highest BCUT2D eigenvalue weighted by molar-refractivity contribution is 7.14. The van der Waals surface area contributed by atoms with Crippen molar-refractivity contribution in [3.63, 3.8) is 0 Å². The molecule has 4 saturated heterocycles. The maximum absolute atomic E-state index is 13.9. The van der Waals surface area contributed by atoms with Crippen molar-refractivity contribution < 1.29 is 63.6 Å². The minimum atomic E-state index is -0.803. The molecule has 5 aromatic carbocycles. The number of aliphatic hydroxyl groups is 4. The van der Waals surface area contributed by atoms with Gasteiger partial charge < -0.3 is 50.7 Å². The number of hydrogen-bond donors (Lipinski definition) is 6. The number of aromatic nitrogens is 11. The molecule has 0 spiro atoms. The van der Waals surface area contributed by atoms with Crippen molar-refractivity contribution in [1.82, 2.24) is 84.5 Å². The fraction of sp³-hybridized carbons (Fsp3) is 0.435. The molecule has 12 heterocycles. The lowest BCUT2D eigenvalue weighted by Gasteiger charge is -2.35. The number of benzene rings is 5. The summed E-state index contributed by atoms with van der Waals surface area (Å²) in [5, 5.41) is 60.8. The Balaban J connectivity index is 0.000000157. The lowest BCUT2D eigenvalue weighted by atomic mass is 9.85. The zero-order valence-corrected chi connectivity index (χ0v) is 91.5. The second-order valence-electron chi connectivity index (χ2n) is 42.2. The number of Topliss-reactive ketones (excluding diaryl/α,β-unsaturated/α-hetero) is 3. The van der Waals surface area contributed by atoms with Gasteiger partial charge in [-0.15, -0.1) is 45.3 Å². The van der Waals surface area contributed by atoms with Crippen molar-refractivity contribution in [1.29, 1.82) is 0 Å². The molecule has 0 saturated carbocycles. The van der Waals surface area contributed by atoms with Gasteiger partial charge >= 0.3 is 0 Å². The van der Waals surface area contributed by atoms with Gasteiger partial charge in [0, 0.05) is 126 Å². The number of pyridine rings is 1. The van der Waals surface area contributed by atoms with E-state index in [4.69, 9.17) is 0 Å². The molecule has 8 aromatic heterocycles. The average Bonchev–Trinajstić information content (AvgIpc) is 1.65. The summed E-state index contributed by atoms with van der Waals surface area (Å²) < 4.78 is 5.07. The standard InChI is InChI=1S/C32H36N4O3S.C31H35N5O3S.C27H34N4O3S.C25H34N4O4S/c1-20(2)30(36-17-26(16-34-36)24-8-6-5-7-9-24)32(39)35-18-27(37)15-28(35)29(38)14-21(3)23-10-12-25(13-11-23)31-22(4)33-19-40-31;1-19(2)29(36-16-25(15-34-36)24-6-5-11-32-14-24)31(39)35-17-26(37)13-27(35)28(38)12-20(3)22-7-9-23(10-8-22)30-21(4)33-18-40-30;1-16(2)25(31-13-17(3)12-29-31)27(34)30-14-22(32)11-23(30)24(33)10-18(4)20-6-8-21(9-7-20)26-19(5)28-15-35-26;1-14(17-7-9-18(10-8-17)21-15(2)26-13-34-21)27-23(32)20-11-19(31)12-29(20)24(33)22(25(4,5)6)28-16(3)30/h5-13,16-17,19-21,27-28,30,37H,14-15,18H2,1-4H3;5-11,14-16,18-20,26-27,29,37H,12-13,17H2,1-4H3;6-9,12-13,15-16,18,22-23,25,32H,10-11,14H2,1-5H3;7-10,13-14,19-20,22,31H,11-12H2,1-6H3,(H,27,32)(H,28,30)/t21-,27-,28+,30+;20-,26-,27+,29+;18-,22-,23+,25+;14-,19+,20-,22+/m1110/s1. The van der Waals surface area contributed by atoms with Gasteiger partial charge in [-0.3, -0.25) is 62.2 Å². The summed E-state index contributed by atoms with van der Waals surface area (Å²) in [4.78, 5) is 152. The van der Waals surface area contributed by atoms with Gasteiger partial charge in [0.2, 0.25) is 35.4 Å². The topological polar surface area (TPSA) is 389 Å². The molecular weight excluding hydrogens is 1960 g/mol. The lowest BCUT2D eigenvalue weighted by Crippen LogP contribution is -2.57. The van der Waals surface area contributed by atoms with E-state index in [-0.39, 0.29) is 146 Å². The van der Waals surface area contributed by atoms with Crippen LogP contribution in [-0.2, 0) is 43.2 Å². The van der Waals surface area contributed by atoms with Crippen LogP contribution in [-0.4, -0.2) is 228 Å². The Morgan fingerprint density at radius 2 is 0.678 bits per heavy atom. The third-order valence-electron chi connectivity index (χ3n) is 28.4. The normalized spacial score (nSPS) is 19.3. The van der Waals surface area contributed by atoms with E-state index in [0.717, 1.165) is 115 Å². The number of carbonyl (C=O) groups excluding carboxylic acids is 9. The van der Waals surface area contributed by atoms with Crippen LogP contribution in [0.25, 0.3) is 64.0 Å². The Labute approximate surface area is 888 Å². The van der Waals surface area contributed by atoms with Crippen LogP contribution in [0, 0.1) is 57.8 Å². The van der Waals surface area contributed by atoms with E-state index in [1.54, 1.807) is 105 Å². The molecule has 6 N–H and O–H groups in total. The Bertz CT molecular complexity index is 6520. The maximum atomic E-state index is 13.9. The van der Waals surface area contributed by atoms with E-state index in [2.05, 4.69) is 124 Å². The average molecular weight is 2100 g/mol. The van der Waals surface area contributed by atoms with Crippen molar-refractivity contribution in [2.45, 2.75) is 273 Å². The van der Waals surface area contributed by atoms with Gasteiger partial charge in [-0.25, -0.2) is 19.9 Å². The van der Waals surface area contributed by atoms with Crippen molar-refractivity contribution in [3.05, 3.63) is 262 Å². The predicted octanol–water partition coefficient (Wildman–Crippen LogP) is 18.6. The molecule has 17 rings (SSSR count). The third kappa shape index (κ3) is 27.3. The summed E-state index contributed by atoms with van der Waals surface area (Å²) in [6.45, 7) is 37.2. The molecule has 6 amide bonds. The number of likely N-dealkylation sites (tertiary alicyclic amines) is 4. The van der Waals surface area contributed by atoms with Crippen LogP contribution in [0.1, 0.15) is 234 Å². The molecular formula is C115H139N17O13S4. The first-order valence-electron chi connectivity index (χ1n) is 51.1. The molecule has 34 heteroatoms. The van der Waals surface area contributed by atoms with Crippen LogP contribution in [0.5, 0.6) is 0 Å². The number of nitrogens with one attached hydrogen (secondary N) is 2. The molecule has 4 aliphatic rings. The summed E-state index contributed by atoms with van der Waals surface area (Å²) in [7, 11) is 0. The number of aliphatic hydroxyl groups excluding tert-OH is 4. The number of aryl methyl sites for hydroxylation is 5. The van der Waals surface area contributed by atoms with Gasteiger partial charge in [0.15, 0.2) is 17.3 Å². The first kappa shape index (κ1) is 112. The number of rotatable bonds is 32. The van der Waals surface area contributed by atoms with Crippen molar-refractivity contribution >= 4 is 98.1 Å². The Morgan fingerprint density at radius 3 is 0.980 bits per heavy atom. The lowest BCUT2D eigenvalue weighted by molar-refractivity contribution is -0.144. The van der Waals surface area contributed by atoms with Crippen LogP contribution in [0.15, 0.2) is 211 Å². The van der Waals surface area contributed by atoms with Gasteiger partial charge in [-0.1, -0.05) is 217 Å². The summed E-state index contributed by atoms with van der Waals surface area (Å²) in [6, 6.07) is 41.0. The second kappa shape index (κ2) is 49.7. The minimum absolute atomic E-state index is 0.00321. The number of β-amino-alcohol motifs (C(OH)–C–C–N with tert-alkyl or cyclic N) is 4. The Kier molecular flexibility index (Phi) is 37.2. The van der Waals surface area contributed by atoms with Crippen LogP contribution in [0.2, 0.25) is 0 Å². The van der Waals surface area contributed by atoms with Gasteiger partial charge in [-0.05, 0) is 144 Å². The van der Waals surface area contributed by atoms with Gasteiger partial charge in [0.1, 0.15) is 30.2 Å². The third-order valence-corrected chi connectivity index (χ3v) is 32.3. The minimum Gasteiger partial charge on any atom is -0.391 e. The molecule has 16 atom stereocenters. The van der Waals surface area contributed by atoms with E-state index < -0.39 is 78.2 Å². The number of ketones is 3. The largest absolute Gasteiger partial charge is 0.391 e. The van der Waals surface area contributed by atoms with E-state index in [1.807, 2.05) is 232 Å². The monoisotopic (exact) mass is 2090 g/mol. The number of nitrogens with zero attached hydrogens (tertiary/aromatic N) is 15. The number of carbonyl (C=O) groups is 9. The van der Waals surface area contributed by atoms with Gasteiger partial charge in [0.05, 0.1) is 132 Å². The SMILES string of the molecule is CC(=O)N[C@H](C(=O)N1C[C@H](O)C[C@H]1C(=O)N[C@@H](C)c1ccc(-c2scnc2C)cc1)C(C)(C)C.Cc1cnn([C@H](C(=O)N2C[C@H](O)C[C@H]2C(=O)C[C@@H](C)c2ccc(-c3scnc3C)cc2)C(C)C)c1.Cc1ncsc1-c1ccc([C@H](C)CC(=O)[C@@H]2C[C@@H](O)CN2C(=O)[C@H](C(C)C)n2cc(-c3ccccc3)cn2)cc1.Cc1ncsc1-c1ccc([C@H](C)CC(=O)[C@@H]2C[C@@H](O)CN2C(=O)[C@H](C(C)C)n2cc(-c3cccnc3)cn2)cc1. The second-order valence-corrected chi connectivity index (χ2v) is 45.6. The van der Waals surface area contributed by atoms with E-state index in [9.17, 15) is 63.6 Å². The van der Waals surface area contributed by atoms with E-state index >= 15 is 0 Å². The molecule has 0 aliphatic carbocycles. The van der Waals surface area contributed by atoms with Crippen LogP contribution < -0.4 is 10.6 Å². The molecule has 4 fully saturated rings. The highest BCUT2D eigenvalue weighted by Crippen LogP contribution is 2.41. The van der Waals surface area contributed by atoms with Crippen LogP contribution in [0.3, 0.4) is 0 Å². The fourth-order valence-electron chi connectivity index (χ4n) is 20.2. The summed E-state index contributed by atoms with van der Waals surface area (Å²) in [6.07, 6.45) is 13.2. The molecule has 0 radical (unpaired) electrons. The van der Waals surface area contributed by atoms with Gasteiger partial charge in [0.25, 0.3) is 0 Å². The van der Waals surface area contributed by atoms with Crippen LogP contribution >= 0.6 is 45.3 Å². The van der Waals surface area contributed by atoms with Gasteiger partial charge in [-0.2, -0.15) is 15.3 Å². The van der Waals surface area contributed by atoms with E-state index in [1.165, 1.54) is 11.8 Å². The summed E-state index contributed by atoms with van der Waals surface area (Å²) in [5.74, 6) is -1.75. The van der Waals surface area contributed by atoms with E-state index in [0.29, 0.717) is 19.3 Å². The first-order chi connectivity index (χ1) is 71.0. The Hall–Kier alpha value is -12.9. The highest BCUT2D eigenvalue weighted by atomic mass is 32.1. The number of thiazole rings is 4. The first-order valence-corrected chi connectivity index (χ1v) is 54.7. The number of amides is 6. The Morgan fingerprint density at radius 1 is 0.362 bits per heavy atom. The molecule has 30 nitrogen and oxygen atoms in total. The zero-order chi connectivity index (χ0) is 107. The molecule has 0 bridgehead atoms. The maximum Gasteiger partial charge on any atom is 0.248 e. The number of hydrogen-bond acceptors (Lipinski definition) is 25. The summed E-state index contributed by atoms with van der Waals surface area (Å²) >= 11 is 6.44. The predicted molar refractivity (Wildman–Crippen MR) is 583 cm³/mol. The molecule has 149 heavy (non-hydrogen) atoms. The zero-order valence-electron chi connectivity index (χ0n) is 88.3. The summed E-state index contributed by atoms with van der Waals surface area (Å²) in [5.41, 5.74) is 24.1.